The SMILES string of the molecule is CCC(=O)CC(=O)C[C-]=O.[CH3-].[Y]. The molecular weight excluding hydrogens is 233 g/mol. The molecule has 0 aromatic rings. The van der Waals surface area contributed by atoms with Gasteiger partial charge in [0.25, 0.3) is 0 Å². The summed E-state index contributed by atoms with van der Waals surface area (Å²) in [5.41, 5.74) is 0. The van der Waals surface area contributed by atoms with Crippen LogP contribution in [0.4, 0.5) is 0 Å². The summed E-state index contributed by atoms with van der Waals surface area (Å²) in [5, 5.41) is 0. The normalized spacial score (nSPS) is 7.42. The average Bonchev–Trinajstić information content (AvgIpc) is 1.88. The smallest absolute Gasteiger partial charge is 0.139 e. The molecule has 67 valence electrons. The van der Waals surface area contributed by atoms with Crippen LogP contribution < -0.4 is 0 Å². The first-order valence-corrected chi connectivity index (χ1v) is 3.09. The molecule has 0 saturated carbocycles. The van der Waals surface area contributed by atoms with Crippen molar-refractivity contribution in [2.75, 3.05) is 0 Å². The van der Waals surface area contributed by atoms with Gasteiger partial charge in [-0.1, -0.05) is 13.3 Å². The molecule has 0 amide bonds. The molecule has 0 aliphatic rings. The first-order chi connectivity index (χ1) is 4.70. The molecule has 0 rings (SSSR count). The van der Waals surface area contributed by atoms with E-state index in [0.29, 0.717) is 6.42 Å². The van der Waals surface area contributed by atoms with E-state index in [0.717, 1.165) is 0 Å². The van der Waals surface area contributed by atoms with Crippen molar-refractivity contribution < 1.29 is 47.1 Å². The summed E-state index contributed by atoms with van der Waals surface area (Å²) in [6.45, 7) is 1.68. The molecule has 0 saturated heterocycles. The van der Waals surface area contributed by atoms with E-state index in [9.17, 15) is 14.4 Å². The number of hydrogen-bond donors (Lipinski definition) is 0. The Morgan fingerprint density at radius 3 is 2.08 bits per heavy atom. The van der Waals surface area contributed by atoms with Crippen LogP contribution in [0.2, 0.25) is 0 Å². The predicted octanol–water partition coefficient (Wildman–Crippen LogP) is 0.872. The third-order valence-electron chi connectivity index (χ3n) is 1.06. The van der Waals surface area contributed by atoms with Gasteiger partial charge in [-0.2, -0.15) is 0 Å². The van der Waals surface area contributed by atoms with Gasteiger partial charge in [-0.15, -0.1) is 0 Å². The zero-order valence-corrected chi connectivity index (χ0v) is 10.3. The van der Waals surface area contributed by atoms with E-state index in [2.05, 4.69) is 0 Å². The Morgan fingerprint density at radius 1 is 1.25 bits per heavy atom. The van der Waals surface area contributed by atoms with Crippen molar-refractivity contribution in [2.24, 2.45) is 0 Å². The molecule has 0 aromatic heterocycles. The van der Waals surface area contributed by atoms with Crippen molar-refractivity contribution in [1.82, 2.24) is 0 Å². The van der Waals surface area contributed by atoms with E-state index in [1.165, 1.54) is 6.29 Å². The van der Waals surface area contributed by atoms with Crippen LogP contribution >= 0.6 is 0 Å². The van der Waals surface area contributed by atoms with Crippen molar-refractivity contribution in [3.8, 4) is 0 Å². The largest absolute Gasteiger partial charge is 0.541 e. The Kier molecular flexibility index (Phi) is 16.7. The van der Waals surface area contributed by atoms with Crippen molar-refractivity contribution in [3.63, 3.8) is 0 Å². The van der Waals surface area contributed by atoms with Gasteiger partial charge in [0.05, 0.1) is 6.42 Å². The van der Waals surface area contributed by atoms with E-state index >= 15 is 0 Å². The Balaban J connectivity index is -0.000000405. The van der Waals surface area contributed by atoms with E-state index < -0.39 is 0 Å². The van der Waals surface area contributed by atoms with Crippen LogP contribution in [0.25, 0.3) is 0 Å². The zero-order valence-electron chi connectivity index (χ0n) is 7.42. The molecule has 12 heavy (non-hydrogen) atoms. The second-order valence-corrected chi connectivity index (χ2v) is 1.93. The van der Waals surface area contributed by atoms with Gasteiger partial charge < -0.3 is 17.0 Å². The minimum atomic E-state index is -0.346. The second-order valence-electron chi connectivity index (χ2n) is 1.93. The number of ketones is 2. The fraction of sp³-hybridized carbons (Fsp3) is 0.500. The Labute approximate surface area is 98.2 Å². The minimum absolute atomic E-state index is 0. The number of rotatable bonds is 5. The van der Waals surface area contributed by atoms with Gasteiger partial charge in [0, 0.05) is 39.1 Å². The van der Waals surface area contributed by atoms with Crippen molar-refractivity contribution in [3.05, 3.63) is 7.43 Å². The fourth-order valence-electron chi connectivity index (χ4n) is 0.488. The Morgan fingerprint density at radius 2 is 1.75 bits per heavy atom. The molecule has 0 aromatic carbocycles. The van der Waals surface area contributed by atoms with Crippen LogP contribution in [0.15, 0.2) is 0 Å². The van der Waals surface area contributed by atoms with Crippen LogP contribution in [0.1, 0.15) is 26.2 Å². The second kappa shape index (κ2) is 11.1. The third-order valence-corrected chi connectivity index (χ3v) is 1.06. The monoisotopic (exact) mass is 245 g/mol. The molecule has 0 bridgehead atoms. The molecule has 1 radical (unpaired) electrons. The Bertz CT molecular complexity index is 154. The van der Waals surface area contributed by atoms with E-state index in [4.69, 9.17) is 0 Å². The number of carbonyl (C=O) groups is 2. The van der Waals surface area contributed by atoms with Gasteiger partial charge in [-0.05, 0) is 0 Å². The summed E-state index contributed by atoms with van der Waals surface area (Å²) in [6, 6.07) is 0. The van der Waals surface area contributed by atoms with E-state index in [-0.39, 0.29) is 64.5 Å². The molecule has 0 aliphatic heterocycles. The third kappa shape index (κ3) is 10.1. The standard InChI is InChI=1S/C7H9O3.CH3.Y/c1-2-6(9)5-7(10)3-4-8;;/h2-3,5H2,1H3;1H3;/q2*-1;. The van der Waals surface area contributed by atoms with Crippen molar-refractivity contribution >= 4 is 17.9 Å². The van der Waals surface area contributed by atoms with Gasteiger partial charge in [0.15, 0.2) is 0 Å². The maximum Gasteiger partial charge on any atom is 0.139 e. The summed E-state index contributed by atoms with van der Waals surface area (Å²) >= 11 is 0. The first kappa shape index (κ1) is 18.0. The van der Waals surface area contributed by atoms with Gasteiger partial charge in [0.1, 0.15) is 11.6 Å². The summed E-state index contributed by atoms with van der Waals surface area (Å²) in [5.74, 6) is -0.470. The summed E-state index contributed by atoms with van der Waals surface area (Å²) in [4.78, 5) is 30.7. The van der Waals surface area contributed by atoms with Crippen LogP contribution in [-0.4, -0.2) is 17.9 Å². The van der Waals surface area contributed by atoms with Crippen molar-refractivity contribution in [2.45, 2.75) is 26.2 Å². The first-order valence-electron chi connectivity index (χ1n) is 3.09. The topological polar surface area (TPSA) is 51.2 Å². The number of carbonyl (C=O) groups excluding carboxylic acids is 3. The van der Waals surface area contributed by atoms with Crippen LogP contribution in [-0.2, 0) is 47.1 Å². The Hall–Kier alpha value is 0.114. The molecular formula is C8H12O3Y-2. The molecule has 0 heterocycles. The average molecular weight is 245 g/mol. The zero-order chi connectivity index (χ0) is 7.98. The van der Waals surface area contributed by atoms with Crippen molar-refractivity contribution in [1.29, 1.82) is 0 Å². The van der Waals surface area contributed by atoms with E-state index in [1.807, 2.05) is 0 Å². The molecule has 0 fully saturated rings. The molecule has 3 nitrogen and oxygen atoms in total. The van der Waals surface area contributed by atoms with Gasteiger partial charge in [-0.25, -0.2) is 0 Å². The fourth-order valence-corrected chi connectivity index (χ4v) is 0.488. The number of Topliss-reactive ketones (excluding diaryl/α,β-unsaturated/α-hetero) is 2. The van der Waals surface area contributed by atoms with Crippen LogP contribution in [0.3, 0.4) is 0 Å². The molecule has 0 N–H and O–H groups in total. The summed E-state index contributed by atoms with van der Waals surface area (Å²) < 4.78 is 0. The maximum atomic E-state index is 10.5. The van der Waals surface area contributed by atoms with Gasteiger partial charge >= 0.3 is 0 Å². The van der Waals surface area contributed by atoms with Gasteiger partial charge in [-0.3, -0.25) is 11.1 Å². The molecule has 0 spiro atoms. The predicted molar refractivity (Wildman–Crippen MR) is 41.6 cm³/mol. The summed E-state index contributed by atoms with van der Waals surface area (Å²) in [7, 11) is 0. The maximum absolute atomic E-state index is 10.5. The molecule has 0 aliphatic carbocycles. The number of hydrogen-bond acceptors (Lipinski definition) is 3. The molecule has 0 unspecified atom stereocenters. The summed E-state index contributed by atoms with van der Waals surface area (Å²) in [6.07, 6.45) is 1.42. The van der Waals surface area contributed by atoms with Crippen LogP contribution in [0.5, 0.6) is 0 Å². The quantitative estimate of drug-likeness (QED) is 0.533. The van der Waals surface area contributed by atoms with E-state index in [1.54, 1.807) is 6.92 Å². The molecule has 0 atom stereocenters. The minimum Gasteiger partial charge on any atom is -0.541 e. The molecule has 4 heteroatoms. The van der Waals surface area contributed by atoms with Crippen LogP contribution in [0, 0.1) is 7.43 Å². The van der Waals surface area contributed by atoms with Gasteiger partial charge in [0.2, 0.25) is 0 Å².